The molecule has 0 nitrogen and oxygen atoms in total. The van der Waals surface area contributed by atoms with E-state index in [0.29, 0.717) is 5.92 Å². The van der Waals surface area contributed by atoms with Gasteiger partial charge < -0.3 is 0 Å². The van der Waals surface area contributed by atoms with Crippen molar-refractivity contribution < 1.29 is 0 Å². The first-order valence-electron chi connectivity index (χ1n) is 5.87. The minimum Gasteiger partial charge on any atom is -0.102 e. The van der Waals surface area contributed by atoms with Crippen molar-refractivity contribution in [1.29, 1.82) is 0 Å². The van der Waals surface area contributed by atoms with Gasteiger partial charge in [0.25, 0.3) is 0 Å². The van der Waals surface area contributed by atoms with Crippen molar-refractivity contribution in [2.24, 2.45) is 5.92 Å². The molecule has 0 saturated carbocycles. The van der Waals surface area contributed by atoms with Crippen LogP contribution in [0.5, 0.6) is 0 Å². The Morgan fingerprint density at radius 3 is 2.40 bits per heavy atom. The quantitative estimate of drug-likeness (QED) is 0.466. The first-order chi connectivity index (χ1) is 6.86. The molecular weight excluding hydrogens is 196 g/mol. The summed E-state index contributed by atoms with van der Waals surface area (Å²) in [7, 11) is -1.09. The average molecular weight is 220 g/mol. The Kier molecular flexibility index (Phi) is 3.77. The predicted octanol–water partition coefficient (Wildman–Crippen LogP) is 4.72. The van der Waals surface area contributed by atoms with Crippen LogP contribution in [0.3, 0.4) is 0 Å². The highest BCUT2D eigenvalue weighted by molar-refractivity contribution is 6.83. The SMILES string of the molecule is C=CC1CCC([Si](C)(C)C)=CC1=C(C)C. The highest BCUT2D eigenvalue weighted by Gasteiger charge is 2.25. The van der Waals surface area contributed by atoms with Crippen LogP contribution in [0.15, 0.2) is 35.1 Å². The molecule has 0 saturated heterocycles. The summed E-state index contributed by atoms with van der Waals surface area (Å²) in [6, 6.07) is 0. The maximum absolute atomic E-state index is 3.95. The van der Waals surface area contributed by atoms with E-state index in [1.165, 1.54) is 24.0 Å². The second-order valence-electron chi connectivity index (χ2n) is 5.76. The normalized spacial score (nSPS) is 22.3. The van der Waals surface area contributed by atoms with Crippen molar-refractivity contribution in [3.05, 3.63) is 35.1 Å². The highest BCUT2D eigenvalue weighted by Crippen LogP contribution is 2.34. The second-order valence-corrected chi connectivity index (χ2v) is 10.9. The van der Waals surface area contributed by atoms with Crippen LogP contribution in [0.25, 0.3) is 0 Å². The first kappa shape index (κ1) is 12.5. The van der Waals surface area contributed by atoms with Crippen molar-refractivity contribution in [2.45, 2.75) is 46.3 Å². The molecule has 0 heterocycles. The van der Waals surface area contributed by atoms with Crippen LogP contribution in [-0.4, -0.2) is 8.07 Å². The molecule has 0 bridgehead atoms. The van der Waals surface area contributed by atoms with Gasteiger partial charge in [0.1, 0.15) is 0 Å². The molecule has 15 heavy (non-hydrogen) atoms. The Morgan fingerprint density at radius 2 is 2.00 bits per heavy atom. The van der Waals surface area contributed by atoms with Crippen LogP contribution >= 0.6 is 0 Å². The van der Waals surface area contributed by atoms with Crippen LogP contribution in [0.1, 0.15) is 26.7 Å². The molecule has 0 aromatic heterocycles. The van der Waals surface area contributed by atoms with E-state index in [9.17, 15) is 0 Å². The van der Waals surface area contributed by atoms with Crippen molar-refractivity contribution >= 4 is 8.07 Å². The van der Waals surface area contributed by atoms with Crippen molar-refractivity contribution in [1.82, 2.24) is 0 Å². The third kappa shape index (κ3) is 2.94. The predicted molar refractivity (Wildman–Crippen MR) is 72.7 cm³/mol. The van der Waals surface area contributed by atoms with Gasteiger partial charge in [-0.3, -0.25) is 0 Å². The Bertz CT molecular complexity index is 309. The zero-order valence-electron chi connectivity index (χ0n) is 10.9. The lowest BCUT2D eigenvalue weighted by Crippen LogP contribution is -2.27. The van der Waals surface area contributed by atoms with Crippen molar-refractivity contribution in [3.8, 4) is 0 Å². The number of hydrogen-bond acceptors (Lipinski definition) is 0. The maximum Gasteiger partial charge on any atom is 0.0724 e. The van der Waals surface area contributed by atoms with Crippen LogP contribution in [0, 0.1) is 5.92 Å². The molecule has 0 fully saturated rings. The Hall–Kier alpha value is -0.563. The largest absolute Gasteiger partial charge is 0.102 e. The summed E-state index contributed by atoms with van der Waals surface area (Å²) < 4.78 is 0. The highest BCUT2D eigenvalue weighted by atomic mass is 28.3. The van der Waals surface area contributed by atoms with Crippen LogP contribution < -0.4 is 0 Å². The van der Waals surface area contributed by atoms with Gasteiger partial charge in [0, 0.05) is 5.92 Å². The van der Waals surface area contributed by atoms with Gasteiger partial charge in [-0.15, -0.1) is 6.58 Å². The van der Waals surface area contributed by atoms with Gasteiger partial charge in [-0.1, -0.05) is 42.6 Å². The van der Waals surface area contributed by atoms with Gasteiger partial charge in [0.15, 0.2) is 0 Å². The zero-order chi connectivity index (χ0) is 11.6. The van der Waals surface area contributed by atoms with E-state index in [0.717, 1.165) is 0 Å². The van der Waals surface area contributed by atoms with Gasteiger partial charge in [-0.25, -0.2) is 0 Å². The van der Waals surface area contributed by atoms with E-state index >= 15 is 0 Å². The van der Waals surface area contributed by atoms with Crippen molar-refractivity contribution in [2.75, 3.05) is 0 Å². The van der Waals surface area contributed by atoms with Gasteiger partial charge in [-0.05, 0) is 32.3 Å². The van der Waals surface area contributed by atoms with Crippen LogP contribution in [-0.2, 0) is 0 Å². The molecule has 0 N–H and O–H groups in total. The summed E-state index contributed by atoms with van der Waals surface area (Å²) >= 11 is 0. The molecule has 0 aliphatic heterocycles. The minimum atomic E-state index is -1.09. The average Bonchev–Trinajstić information content (AvgIpc) is 2.15. The molecule has 1 aliphatic carbocycles. The summed E-state index contributed by atoms with van der Waals surface area (Å²) in [5, 5.41) is 1.72. The second kappa shape index (κ2) is 4.52. The minimum absolute atomic E-state index is 0.593. The third-order valence-corrected chi connectivity index (χ3v) is 5.60. The molecule has 1 heteroatoms. The zero-order valence-corrected chi connectivity index (χ0v) is 11.9. The first-order valence-corrected chi connectivity index (χ1v) is 9.37. The monoisotopic (exact) mass is 220 g/mol. The summed E-state index contributed by atoms with van der Waals surface area (Å²) in [4.78, 5) is 0. The number of allylic oxidation sites excluding steroid dienone is 5. The van der Waals surface area contributed by atoms with Gasteiger partial charge in [0.2, 0.25) is 0 Å². The number of hydrogen-bond donors (Lipinski definition) is 0. The van der Waals surface area contributed by atoms with E-state index in [1.54, 1.807) is 5.20 Å². The topological polar surface area (TPSA) is 0 Å². The Morgan fingerprint density at radius 1 is 1.40 bits per heavy atom. The van der Waals surface area contributed by atoms with Crippen LogP contribution in [0.2, 0.25) is 19.6 Å². The van der Waals surface area contributed by atoms with E-state index in [2.05, 4.69) is 52.2 Å². The summed E-state index contributed by atoms with van der Waals surface area (Å²) in [5.74, 6) is 0.593. The Labute approximate surface area is 95.8 Å². The standard InChI is InChI=1S/C14H24Si/c1-7-12-8-9-13(15(4,5)6)10-14(12)11(2)3/h7,10,12H,1,8-9H2,2-6H3. The van der Waals surface area contributed by atoms with E-state index in [4.69, 9.17) is 0 Å². The Balaban J connectivity index is 3.10. The fourth-order valence-corrected chi connectivity index (χ4v) is 3.67. The lowest BCUT2D eigenvalue weighted by atomic mass is 9.86. The van der Waals surface area contributed by atoms with Gasteiger partial charge >= 0.3 is 0 Å². The third-order valence-electron chi connectivity index (χ3n) is 3.28. The maximum atomic E-state index is 3.95. The molecule has 1 rings (SSSR count). The van der Waals surface area contributed by atoms with E-state index in [1.807, 2.05) is 0 Å². The summed E-state index contributed by atoms with van der Waals surface area (Å²) in [5.41, 5.74) is 2.98. The van der Waals surface area contributed by atoms with E-state index in [-0.39, 0.29) is 0 Å². The van der Waals surface area contributed by atoms with Crippen LogP contribution in [0.4, 0.5) is 0 Å². The van der Waals surface area contributed by atoms with E-state index < -0.39 is 8.07 Å². The molecular formula is C14H24Si. The molecule has 0 amide bonds. The number of rotatable bonds is 2. The molecule has 0 spiro atoms. The smallest absolute Gasteiger partial charge is 0.0724 e. The molecule has 1 aliphatic rings. The molecule has 0 radical (unpaired) electrons. The summed E-state index contributed by atoms with van der Waals surface area (Å²) in [6.07, 6.45) is 7.13. The molecule has 0 aromatic carbocycles. The van der Waals surface area contributed by atoms with Crippen molar-refractivity contribution in [3.63, 3.8) is 0 Å². The fourth-order valence-electron chi connectivity index (χ4n) is 2.18. The lowest BCUT2D eigenvalue weighted by molar-refractivity contribution is 0.663. The molecule has 1 unspecified atom stereocenters. The molecule has 1 atom stereocenters. The van der Waals surface area contributed by atoms with Gasteiger partial charge in [0.05, 0.1) is 8.07 Å². The molecule has 0 aromatic rings. The lowest BCUT2D eigenvalue weighted by Gasteiger charge is -2.30. The molecule has 84 valence electrons. The fraction of sp³-hybridized carbons (Fsp3) is 0.571. The summed E-state index contributed by atoms with van der Waals surface area (Å²) in [6.45, 7) is 15.7. The van der Waals surface area contributed by atoms with Gasteiger partial charge in [-0.2, -0.15) is 0 Å².